The first kappa shape index (κ1) is 12.4. The molecule has 0 heterocycles. The van der Waals surface area contributed by atoms with Gasteiger partial charge in [-0.3, -0.25) is 0 Å². The van der Waals surface area contributed by atoms with Crippen molar-refractivity contribution in [3.8, 4) is 0 Å². The molecule has 17 heavy (non-hydrogen) atoms. The lowest BCUT2D eigenvalue weighted by atomic mass is 10.0. The minimum atomic E-state index is 0.736. The van der Waals surface area contributed by atoms with Gasteiger partial charge in [0.05, 0.1) is 0 Å². The molecule has 1 fully saturated rings. The Bertz CT molecular complexity index is 369. The third kappa shape index (κ3) is 3.22. The average molecular weight is 232 g/mol. The maximum Gasteiger partial charge on any atom is 0.0369 e. The molecule has 2 heteroatoms. The number of anilines is 1. The Morgan fingerprint density at radius 1 is 1.35 bits per heavy atom. The summed E-state index contributed by atoms with van der Waals surface area (Å²) in [5, 5.41) is 0. The zero-order chi connectivity index (χ0) is 12.3. The minimum Gasteiger partial charge on any atom is -0.372 e. The number of hydrogen-bond donors (Lipinski definition) is 1. The number of rotatable bonds is 6. The highest BCUT2D eigenvalue weighted by molar-refractivity contribution is 5.51. The van der Waals surface area contributed by atoms with Crippen LogP contribution in [-0.4, -0.2) is 19.6 Å². The molecule has 2 nitrogen and oxygen atoms in total. The summed E-state index contributed by atoms with van der Waals surface area (Å²) in [6.45, 7) is 7.50. The zero-order valence-corrected chi connectivity index (χ0v) is 11.1. The van der Waals surface area contributed by atoms with Crippen LogP contribution in [0.3, 0.4) is 0 Å². The zero-order valence-electron chi connectivity index (χ0n) is 11.1. The van der Waals surface area contributed by atoms with Crippen molar-refractivity contribution in [3.63, 3.8) is 0 Å². The van der Waals surface area contributed by atoms with Gasteiger partial charge in [-0.25, -0.2) is 0 Å². The molecule has 0 amide bonds. The highest BCUT2D eigenvalue weighted by Gasteiger charge is 2.23. The monoisotopic (exact) mass is 232 g/mol. The van der Waals surface area contributed by atoms with Crippen molar-refractivity contribution in [3.05, 3.63) is 29.3 Å². The summed E-state index contributed by atoms with van der Waals surface area (Å²) in [5.41, 5.74) is 9.75. The lowest BCUT2D eigenvalue weighted by Crippen LogP contribution is -2.25. The van der Waals surface area contributed by atoms with Crippen molar-refractivity contribution >= 4 is 5.69 Å². The Balaban J connectivity index is 2.10. The molecular weight excluding hydrogens is 208 g/mol. The largest absolute Gasteiger partial charge is 0.372 e. The molecule has 1 aliphatic carbocycles. The van der Waals surface area contributed by atoms with E-state index in [-0.39, 0.29) is 0 Å². The Morgan fingerprint density at radius 2 is 2.12 bits per heavy atom. The predicted molar refractivity (Wildman–Crippen MR) is 74.5 cm³/mol. The fourth-order valence-corrected chi connectivity index (χ4v) is 2.34. The van der Waals surface area contributed by atoms with E-state index in [0.29, 0.717) is 0 Å². The molecule has 0 radical (unpaired) electrons. The fraction of sp³-hybridized carbons (Fsp3) is 0.600. The number of nitrogens with two attached hydrogens (primary N) is 1. The average Bonchev–Trinajstić information content (AvgIpc) is 3.13. The lowest BCUT2D eigenvalue weighted by molar-refractivity contribution is 0.741. The summed E-state index contributed by atoms with van der Waals surface area (Å²) >= 11 is 0. The lowest BCUT2D eigenvalue weighted by Gasteiger charge is -2.24. The van der Waals surface area contributed by atoms with E-state index in [4.69, 9.17) is 5.73 Å². The summed E-state index contributed by atoms with van der Waals surface area (Å²) in [4.78, 5) is 2.50. The van der Waals surface area contributed by atoms with Gasteiger partial charge in [0.25, 0.3) is 0 Å². The van der Waals surface area contributed by atoms with Gasteiger partial charge in [0.1, 0.15) is 0 Å². The van der Waals surface area contributed by atoms with Gasteiger partial charge in [0.2, 0.25) is 0 Å². The van der Waals surface area contributed by atoms with Gasteiger partial charge in [0, 0.05) is 18.8 Å². The molecule has 1 aliphatic rings. The van der Waals surface area contributed by atoms with Gasteiger partial charge in [-0.05, 0) is 68.8 Å². The molecule has 94 valence electrons. The Kier molecular flexibility index (Phi) is 4.06. The van der Waals surface area contributed by atoms with Crippen LogP contribution in [0.4, 0.5) is 5.69 Å². The Labute approximate surface area is 105 Å². The minimum absolute atomic E-state index is 0.736. The molecule has 0 aliphatic heterocycles. The number of benzene rings is 1. The van der Waals surface area contributed by atoms with E-state index in [9.17, 15) is 0 Å². The Morgan fingerprint density at radius 3 is 2.65 bits per heavy atom. The van der Waals surface area contributed by atoms with Crippen molar-refractivity contribution in [2.45, 2.75) is 33.1 Å². The van der Waals surface area contributed by atoms with E-state index in [1.807, 2.05) is 0 Å². The third-order valence-electron chi connectivity index (χ3n) is 3.66. The van der Waals surface area contributed by atoms with E-state index in [1.54, 1.807) is 0 Å². The van der Waals surface area contributed by atoms with Crippen LogP contribution in [0.25, 0.3) is 0 Å². The topological polar surface area (TPSA) is 29.3 Å². The van der Waals surface area contributed by atoms with Crippen LogP contribution in [0, 0.1) is 12.8 Å². The molecule has 2 rings (SSSR count). The van der Waals surface area contributed by atoms with E-state index in [1.165, 1.54) is 36.2 Å². The van der Waals surface area contributed by atoms with Crippen LogP contribution in [0.2, 0.25) is 0 Å². The van der Waals surface area contributed by atoms with E-state index in [2.05, 4.69) is 36.9 Å². The standard InChI is InChI=1S/C15H24N2/c1-3-17(11-13-4-5-13)15-7-6-14(8-9-16)12(2)10-15/h6-7,10,13H,3-5,8-9,11,16H2,1-2H3. The van der Waals surface area contributed by atoms with E-state index in [0.717, 1.165) is 25.4 Å². The molecule has 1 aromatic rings. The van der Waals surface area contributed by atoms with Crippen molar-refractivity contribution in [2.24, 2.45) is 11.7 Å². The van der Waals surface area contributed by atoms with Crippen LogP contribution in [0.5, 0.6) is 0 Å². The van der Waals surface area contributed by atoms with Crippen LogP contribution in [-0.2, 0) is 6.42 Å². The summed E-state index contributed by atoms with van der Waals surface area (Å²) in [6.07, 6.45) is 3.82. The third-order valence-corrected chi connectivity index (χ3v) is 3.66. The molecule has 0 bridgehead atoms. The second kappa shape index (κ2) is 5.54. The van der Waals surface area contributed by atoms with E-state index >= 15 is 0 Å². The summed E-state index contributed by atoms with van der Waals surface area (Å²) < 4.78 is 0. The summed E-state index contributed by atoms with van der Waals surface area (Å²) in [7, 11) is 0. The van der Waals surface area contributed by atoms with Gasteiger partial charge in [-0.15, -0.1) is 0 Å². The second-order valence-corrected chi connectivity index (χ2v) is 5.13. The predicted octanol–water partition coefficient (Wildman–Crippen LogP) is 2.73. The first-order chi connectivity index (χ1) is 8.24. The second-order valence-electron chi connectivity index (χ2n) is 5.13. The maximum atomic E-state index is 5.62. The normalized spacial score (nSPS) is 15.0. The van der Waals surface area contributed by atoms with Crippen LogP contribution in [0.15, 0.2) is 18.2 Å². The van der Waals surface area contributed by atoms with Gasteiger partial charge in [-0.1, -0.05) is 6.07 Å². The van der Waals surface area contributed by atoms with E-state index < -0.39 is 0 Å². The Hall–Kier alpha value is -1.02. The van der Waals surface area contributed by atoms with Gasteiger partial charge >= 0.3 is 0 Å². The van der Waals surface area contributed by atoms with Gasteiger partial charge in [0.15, 0.2) is 0 Å². The molecule has 0 aromatic heterocycles. The van der Waals surface area contributed by atoms with Crippen molar-refractivity contribution in [1.82, 2.24) is 0 Å². The fourth-order valence-electron chi connectivity index (χ4n) is 2.34. The van der Waals surface area contributed by atoms with Crippen LogP contribution < -0.4 is 10.6 Å². The van der Waals surface area contributed by atoms with Gasteiger partial charge < -0.3 is 10.6 Å². The molecule has 1 aromatic carbocycles. The van der Waals surface area contributed by atoms with Gasteiger partial charge in [-0.2, -0.15) is 0 Å². The maximum absolute atomic E-state index is 5.62. The van der Waals surface area contributed by atoms with Crippen LogP contribution >= 0.6 is 0 Å². The van der Waals surface area contributed by atoms with Crippen molar-refractivity contribution in [1.29, 1.82) is 0 Å². The first-order valence-electron chi connectivity index (χ1n) is 6.79. The molecule has 0 saturated heterocycles. The molecule has 0 atom stereocenters. The van der Waals surface area contributed by atoms with Crippen LogP contribution in [0.1, 0.15) is 30.9 Å². The summed E-state index contributed by atoms with van der Waals surface area (Å²) in [5.74, 6) is 0.943. The SMILES string of the molecule is CCN(CC1CC1)c1ccc(CCN)c(C)c1. The smallest absolute Gasteiger partial charge is 0.0369 e. The van der Waals surface area contributed by atoms with Crippen molar-refractivity contribution in [2.75, 3.05) is 24.5 Å². The highest BCUT2D eigenvalue weighted by Crippen LogP contribution is 2.31. The number of hydrogen-bond acceptors (Lipinski definition) is 2. The molecule has 0 spiro atoms. The van der Waals surface area contributed by atoms with Crippen molar-refractivity contribution < 1.29 is 0 Å². The number of aryl methyl sites for hydroxylation is 1. The molecule has 1 saturated carbocycles. The summed E-state index contributed by atoms with van der Waals surface area (Å²) in [6, 6.07) is 6.81. The number of nitrogens with zero attached hydrogens (tertiary/aromatic N) is 1. The highest BCUT2D eigenvalue weighted by atomic mass is 15.1. The molecular formula is C15H24N2. The quantitative estimate of drug-likeness (QED) is 0.817. The first-order valence-corrected chi connectivity index (χ1v) is 6.79. The molecule has 2 N–H and O–H groups in total. The molecule has 0 unspecified atom stereocenters.